The Morgan fingerprint density at radius 2 is 0.523 bits per heavy atom. The molecule has 0 spiro atoms. The zero-order chi connectivity index (χ0) is 91.4. The second kappa shape index (κ2) is 47.5. The Balaban J connectivity index is 0.876. The van der Waals surface area contributed by atoms with Crippen LogP contribution in [0.5, 0.6) is 34.5 Å². The van der Waals surface area contributed by atoms with Gasteiger partial charge in [0.25, 0.3) is 0 Å². The van der Waals surface area contributed by atoms with Gasteiger partial charge in [0.2, 0.25) is 0 Å². The van der Waals surface area contributed by atoms with E-state index in [1.807, 2.05) is 200 Å². The molecule has 25 heteroatoms. The molecule has 132 heavy (non-hydrogen) atoms. The van der Waals surface area contributed by atoms with Crippen molar-refractivity contribution in [3.8, 4) is 34.5 Å². The van der Waals surface area contributed by atoms with Crippen molar-refractivity contribution in [2.24, 2.45) is 0 Å². The summed E-state index contributed by atoms with van der Waals surface area (Å²) in [5.41, 5.74) is 4.80. The fraction of sp³-hybridized carbons (Fsp3) is 0.299. The van der Waals surface area contributed by atoms with Crippen LogP contribution in [0.1, 0.15) is 81.1 Å². The van der Waals surface area contributed by atoms with Crippen molar-refractivity contribution < 1.29 is 109 Å². The maximum Gasteiger partial charge on any atom is 0.338 e. The van der Waals surface area contributed by atoms with E-state index in [1.165, 1.54) is 30.6 Å². The molecule has 0 radical (unpaired) electrons. The van der Waals surface area contributed by atoms with Crippen LogP contribution in [-0.2, 0) is 112 Å². The summed E-state index contributed by atoms with van der Waals surface area (Å²) in [7, 11) is 11.1. The normalized spacial score (nSPS) is 21.8. The van der Waals surface area contributed by atoms with Gasteiger partial charge in [-0.25, -0.2) is 14.4 Å². The second-order valence-electron chi connectivity index (χ2n) is 31.6. The topological polar surface area (TPSA) is 236 Å². The summed E-state index contributed by atoms with van der Waals surface area (Å²) in [4.78, 5) is 44.4. The Morgan fingerprint density at radius 3 is 0.818 bits per heavy atom. The van der Waals surface area contributed by atoms with Crippen molar-refractivity contribution in [1.82, 2.24) is 0 Å². The minimum atomic E-state index is -1.63. The first-order valence-corrected chi connectivity index (χ1v) is 45.5. The summed E-state index contributed by atoms with van der Waals surface area (Å²) in [5.74, 6) is 1.48. The van der Waals surface area contributed by atoms with E-state index in [-0.39, 0.29) is 69.5 Å². The molecule has 15 atom stereocenters. The molecule has 15 rings (SSSR count). The molecule has 686 valence electrons. The van der Waals surface area contributed by atoms with Crippen molar-refractivity contribution in [3.05, 3.63) is 394 Å². The van der Waals surface area contributed by atoms with Crippen LogP contribution in [0.4, 0.5) is 0 Å². The highest BCUT2D eigenvalue weighted by Gasteiger charge is 2.57. The molecule has 0 N–H and O–H groups in total. The molecule has 3 aliphatic heterocycles. The lowest BCUT2D eigenvalue weighted by Crippen LogP contribution is -2.63. The third-order valence-electron chi connectivity index (χ3n) is 23.2. The summed E-state index contributed by atoms with van der Waals surface area (Å²) in [6.45, 7) is -0.129. The van der Waals surface area contributed by atoms with Gasteiger partial charge in [-0.05, 0) is 159 Å². The number of thioether (sulfide) groups is 2. The fourth-order valence-electron chi connectivity index (χ4n) is 16.2. The predicted octanol–water partition coefficient (Wildman–Crippen LogP) is 18.5. The molecular formula is C107H108O23S2. The molecule has 0 unspecified atom stereocenters. The number of esters is 3. The Kier molecular flexibility index (Phi) is 34.1. The molecule has 0 aromatic heterocycles. The van der Waals surface area contributed by atoms with Crippen LogP contribution in [0, 0.1) is 0 Å². The van der Waals surface area contributed by atoms with Gasteiger partial charge < -0.3 is 94.7 Å². The molecule has 3 fully saturated rings. The van der Waals surface area contributed by atoms with Gasteiger partial charge in [-0.3, -0.25) is 0 Å². The number of methoxy groups -OCH3 is 7. The first-order chi connectivity index (χ1) is 64.8. The molecule has 3 aliphatic rings. The zero-order valence-electron chi connectivity index (χ0n) is 74.4. The van der Waals surface area contributed by atoms with Crippen LogP contribution < -0.4 is 28.4 Å². The van der Waals surface area contributed by atoms with Gasteiger partial charge in [0.05, 0.1) is 129 Å². The van der Waals surface area contributed by atoms with Gasteiger partial charge >= 0.3 is 17.9 Å². The maximum absolute atomic E-state index is 15.0. The maximum atomic E-state index is 15.0. The number of ether oxygens (including phenoxy) is 20. The largest absolute Gasteiger partial charge is 0.497 e. The van der Waals surface area contributed by atoms with Crippen LogP contribution in [0.25, 0.3) is 0 Å². The minimum absolute atomic E-state index is 0.00785. The molecule has 3 saturated heterocycles. The van der Waals surface area contributed by atoms with Gasteiger partial charge in [-0.2, -0.15) is 0 Å². The summed E-state index contributed by atoms with van der Waals surface area (Å²) >= 11 is 2.88. The average Bonchev–Trinajstić information content (AvgIpc) is 0.751. The quantitative estimate of drug-likeness (QED) is 0.0196. The first kappa shape index (κ1) is 94.7. The lowest BCUT2D eigenvalue weighted by molar-refractivity contribution is -0.296. The average molecular weight is 1830 g/mol. The molecule has 12 aromatic rings. The lowest BCUT2D eigenvalue weighted by Gasteiger charge is -2.48. The van der Waals surface area contributed by atoms with E-state index >= 15 is 4.79 Å². The van der Waals surface area contributed by atoms with Crippen molar-refractivity contribution in [3.63, 3.8) is 0 Å². The molecule has 0 saturated carbocycles. The fourth-order valence-corrected chi connectivity index (χ4v) is 19.0. The lowest BCUT2D eigenvalue weighted by atomic mass is 9.80. The summed E-state index contributed by atoms with van der Waals surface area (Å²) in [6, 6.07) is 102. The zero-order valence-corrected chi connectivity index (χ0v) is 76.0. The van der Waals surface area contributed by atoms with E-state index in [0.717, 1.165) is 50.1 Å². The van der Waals surface area contributed by atoms with E-state index in [2.05, 4.69) is 36.4 Å². The van der Waals surface area contributed by atoms with Gasteiger partial charge in [0.1, 0.15) is 93.7 Å². The monoisotopic (exact) mass is 1820 g/mol. The predicted molar refractivity (Wildman–Crippen MR) is 499 cm³/mol. The highest BCUT2D eigenvalue weighted by molar-refractivity contribution is 8.00. The summed E-state index contributed by atoms with van der Waals surface area (Å²) in [5, 5.41) is -1.42. The number of benzene rings is 12. The van der Waals surface area contributed by atoms with Gasteiger partial charge in [0.15, 0.2) is 24.6 Å². The number of carbonyl (C=O) groups is 3. The Bertz CT molecular complexity index is 5400. The smallest absolute Gasteiger partial charge is 0.338 e. The molecule has 12 aromatic carbocycles. The van der Waals surface area contributed by atoms with E-state index in [0.29, 0.717) is 34.5 Å². The Hall–Kier alpha value is -11.9. The van der Waals surface area contributed by atoms with Crippen LogP contribution in [0.2, 0.25) is 0 Å². The van der Waals surface area contributed by atoms with Crippen molar-refractivity contribution in [2.75, 3.05) is 69.6 Å². The standard InChI is InChI=1S/C107H108O23S2/c1-111-83-50-38-71(39-51-83)62-118-93-90(69-125-106-100(123-67-76-48-60-88(116-6)61-49-76)96(121-65-74-44-56-86(114-4)57-45-74)94(119-63-72-40-52-84(112-2)53-41-72)91(132-106)70-126-107(80-32-20-11-21-33-80,81-34-22-12-23-35-81)82-36-24-13-25-37-82)131-105(99(122-66-75-46-58-87(115-5)59-47-75)95(93)120-64-73-42-54-85(113-3)55-43-73)124-68-89-92(128-101(108)77-26-14-8-15-27-77)97(129-102(109)78-28-16-9-17-29-78)98(104(117-7)127-89)130-103(110)79-30-18-10-19-31-79/h8-61,89-100,104-106H,62-70H2,1-7H3/t89-,90-,91-,92-,93-,94-,95+,96+,97+,98-,99-,100-,104+,105+,106+/m1/s1. The second-order valence-corrected chi connectivity index (χ2v) is 34.3. The van der Waals surface area contributed by atoms with Gasteiger partial charge in [0, 0.05) is 7.11 Å². The third-order valence-corrected chi connectivity index (χ3v) is 26.1. The van der Waals surface area contributed by atoms with E-state index in [1.54, 1.807) is 134 Å². The molecule has 0 amide bonds. The summed E-state index contributed by atoms with van der Waals surface area (Å²) < 4.78 is 135. The van der Waals surface area contributed by atoms with Gasteiger partial charge in [-0.15, -0.1) is 23.5 Å². The highest BCUT2D eigenvalue weighted by atomic mass is 32.2. The van der Waals surface area contributed by atoms with Crippen LogP contribution >= 0.6 is 23.5 Å². The Labute approximate surface area is 778 Å². The SMILES string of the molecule is COc1ccc(CO[C@@H]2[C@@H](OCc3ccc(OC)cc3)[C@@H](OC[C@H]3O[C@H](OC)[C@H](OC(=O)c4ccccc4)[C@@H](OC(=O)c4ccccc4)[C@@H]3OC(=O)c3ccccc3)S[C@H](CO[C@H]3S[C@H](COC(c4ccccc4)(c4ccccc4)c4ccccc4)[C@@H](OCc4ccc(OC)cc4)[C@H](OCc4ccc(OC)cc4)[C@H]3OCc3ccc(OC)cc3)[C@H]2OCc2ccc(OC)cc2)cc1. The van der Waals surface area contributed by atoms with Gasteiger partial charge in [-0.1, -0.05) is 218 Å². The van der Waals surface area contributed by atoms with Crippen molar-refractivity contribution in [1.29, 1.82) is 0 Å². The Morgan fingerprint density at radius 1 is 0.265 bits per heavy atom. The third kappa shape index (κ3) is 24.3. The van der Waals surface area contributed by atoms with Crippen LogP contribution in [-0.4, -0.2) is 176 Å². The van der Waals surface area contributed by atoms with E-state index < -0.39 is 119 Å². The number of hydrogen-bond acceptors (Lipinski definition) is 25. The molecule has 23 nitrogen and oxygen atoms in total. The molecule has 3 heterocycles. The number of carbonyl (C=O) groups excluding carboxylic acids is 3. The first-order valence-electron chi connectivity index (χ1n) is 43.6. The van der Waals surface area contributed by atoms with Crippen LogP contribution in [0.3, 0.4) is 0 Å². The van der Waals surface area contributed by atoms with E-state index in [9.17, 15) is 9.59 Å². The molecular weight excluding hydrogens is 1720 g/mol. The summed E-state index contributed by atoms with van der Waals surface area (Å²) in [6.07, 6.45) is -13.5. The number of hydrogen-bond donors (Lipinski definition) is 0. The molecule has 0 aliphatic carbocycles. The minimum Gasteiger partial charge on any atom is -0.497 e. The van der Waals surface area contributed by atoms with Crippen molar-refractivity contribution >= 4 is 41.4 Å². The van der Waals surface area contributed by atoms with E-state index in [4.69, 9.17) is 94.7 Å². The molecule has 0 bridgehead atoms. The highest BCUT2D eigenvalue weighted by Crippen LogP contribution is 2.48. The van der Waals surface area contributed by atoms with Crippen LogP contribution in [0.15, 0.2) is 328 Å². The number of rotatable bonds is 43. The van der Waals surface area contributed by atoms with Crippen molar-refractivity contribution in [2.45, 2.75) is 134 Å².